The number of para-hydroxylation sites is 1. The molecule has 21 heavy (non-hydrogen) atoms. The summed E-state index contributed by atoms with van der Waals surface area (Å²) in [6, 6.07) is 13.7. The Morgan fingerprint density at radius 3 is 2.48 bits per heavy atom. The second-order valence-electron chi connectivity index (χ2n) is 4.39. The number of esters is 1. The zero-order chi connectivity index (χ0) is 15.2. The van der Waals surface area contributed by atoms with E-state index in [1.165, 1.54) is 6.92 Å². The predicted octanol–water partition coefficient (Wildman–Crippen LogP) is 3.60. The van der Waals surface area contributed by atoms with Crippen LogP contribution in [0.4, 0.5) is 5.69 Å². The van der Waals surface area contributed by atoms with E-state index in [1.54, 1.807) is 42.5 Å². The molecule has 2 aromatic carbocycles. The van der Waals surface area contributed by atoms with Gasteiger partial charge < -0.3 is 10.1 Å². The molecule has 0 bridgehead atoms. The van der Waals surface area contributed by atoms with E-state index in [0.29, 0.717) is 22.6 Å². The van der Waals surface area contributed by atoms with Crippen LogP contribution in [0.15, 0.2) is 48.5 Å². The van der Waals surface area contributed by atoms with Gasteiger partial charge >= 0.3 is 5.97 Å². The van der Waals surface area contributed by atoms with Crippen molar-refractivity contribution >= 4 is 29.2 Å². The molecule has 0 aliphatic carbocycles. The average Bonchev–Trinajstić information content (AvgIpc) is 2.48. The van der Waals surface area contributed by atoms with Crippen molar-refractivity contribution in [1.29, 1.82) is 0 Å². The molecule has 1 N–H and O–H groups in total. The number of alkyl halides is 1. The third-order valence-corrected chi connectivity index (χ3v) is 3.04. The molecule has 5 heteroatoms. The van der Waals surface area contributed by atoms with Gasteiger partial charge in [-0.05, 0) is 35.9 Å². The summed E-state index contributed by atoms with van der Waals surface area (Å²) in [7, 11) is 0. The van der Waals surface area contributed by atoms with Crippen molar-refractivity contribution in [3.8, 4) is 5.75 Å². The van der Waals surface area contributed by atoms with Gasteiger partial charge in [0.25, 0.3) is 0 Å². The van der Waals surface area contributed by atoms with Gasteiger partial charge in [0.15, 0.2) is 0 Å². The number of hydrogen-bond acceptors (Lipinski definition) is 3. The van der Waals surface area contributed by atoms with E-state index in [-0.39, 0.29) is 11.8 Å². The van der Waals surface area contributed by atoms with Crippen molar-refractivity contribution in [1.82, 2.24) is 0 Å². The summed E-state index contributed by atoms with van der Waals surface area (Å²) in [5.74, 6) is -0.00833. The lowest BCUT2D eigenvalue weighted by atomic mass is 10.1. The number of carbonyl (C=O) groups is 2. The van der Waals surface area contributed by atoms with Crippen LogP contribution < -0.4 is 10.1 Å². The van der Waals surface area contributed by atoms with Crippen LogP contribution in [0.1, 0.15) is 22.8 Å². The number of carbonyl (C=O) groups excluding carboxylic acids is 2. The molecular formula is C16H14ClNO3. The maximum Gasteiger partial charge on any atom is 0.343 e. The van der Waals surface area contributed by atoms with Crippen LogP contribution >= 0.6 is 11.6 Å². The molecule has 0 atom stereocenters. The Hall–Kier alpha value is -2.33. The normalized spacial score (nSPS) is 10.0. The van der Waals surface area contributed by atoms with Gasteiger partial charge in [-0.3, -0.25) is 4.79 Å². The van der Waals surface area contributed by atoms with Gasteiger partial charge in [0.2, 0.25) is 5.91 Å². The summed E-state index contributed by atoms with van der Waals surface area (Å²) in [5.41, 5.74) is 1.63. The highest BCUT2D eigenvalue weighted by atomic mass is 35.5. The molecule has 0 aliphatic heterocycles. The Morgan fingerprint density at radius 1 is 1.14 bits per heavy atom. The summed E-state index contributed by atoms with van der Waals surface area (Å²) in [5, 5.41) is 2.66. The third-order valence-electron chi connectivity index (χ3n) is 2.75. The van der Waals surface area contributed by atoms with Crippen LogP contribution in [0.25, 0.3) is 0 Å². The topological polar surface area (TPSA) is 55.4 Å². The van der Waals surface area contributed by atoms with Crippen LogP contribution in [0.2, 0.25) is 0 Å². The van der Waals surface area contributed by atoms with Crippen LogP contribution in [0, 0.1) is 0 Å². The van der Waals surface area contributed by atoms with Crippen LogP contribution in [0.5, 0.6) is 5.75 Å². The minimum Gasteiger partial charge on any atom is -0.423 e. The van der Waals surface area contributed by atoms with Crippen molar-refractivity contribution in [2.24, 2.45) is 0 Å². The van der Waals surface area contributed by atoms with Gasteiger partial charge in [0.1, 0.15) is 5.75 Å². The number of ether oxygens (including phenoxy) is 1. The first-order chi connectivity index (χ1) is 10.1. The van der Waals surface area contributed by atoms with Crippen molar-refractivity contribution in [3.05, 3.63) is 59.7 Å². The molecule has 0 saturated heterocycles. The lowest BCUT2D eigenvalue weighted by Crippen LogP contribution is -2.11. The lowest BCUT2D eigenvalue weighted by Gasteiger charge is -2.10. The minimum absolute atomic E-state index is 0.183. The zero-order valence-electron chi connectivity index (χ0n) is 11.4. The van der Waals surface area contributed by atoms with E-state index in [9.17, 15) is 9.59 Å². The number of halogens is 1. The number of hydrogen-bond donors (Lipinski definition) is 1. The summed E-state index contributed by atoms with van der Waals surface area (Å²) in [6.07, 6.45) is 0. The number of rotatable bonds is 4. The number of anilines is 1. The molecule has 108 valence electrons. The number of amides is 1. The second kappa shape index (κ2) is 6.90. The lowest BCUT2D eigenvalue weighted by molar-refractivity contribution is -0.114. The molecular weight excluding hydrogens is 290 g/mol. The summed E-state index contributed by atoms with van der Waals surface area (Å²) < 4.78 is 5.25. The van der Waals surface area contributed by atoms with E-state index in [2.05, 4.69) is 5.32 Å². The summed E-state index contributed by atoms with van der Waals surface area (Å²) in [6.45, 7) is 1.41. The molecule has 0 unspecified atom stereocenters. The van der Waals surface area contributed by atoms with E-state index in [4.69, 9.17) is 16.3 Å². The van der Waals surface area contributed by atoms with Gasteiger partial charge in [-0.1, -0.05) is 18.2 Å². The quantitative estimate of drug-likeness (QED) is 0.533. The maximum atomic E-state index is 12.1. The largest absolute Gasteiger partial charge is 0.423 e. The first kappa shape index (κ1) is 15.1. The molecule has 0 radical (unpaired) electrons. The van der Waals surface area contributed by atoms with Gasteiger partial charge in [-0.2, -0.15) is 0 Å². The molecule has 0 aliphatic rings. The summed E-state index contributed by atoms with van der Waals surface area (Å²) >= 11 is 5.85. The van der Waals surface area contributed by atoms with Gasteiger partial charge in [-0.25, -0.2) is 4.79 Å². The maximum absolute atomic E-state index is 12.1. The fourth-order valence-electron chi connectivity index (χ4n) is 1.80. The second-order valence-corrected chi connectivity index (χ2v) is 4.66. The first-order valence-electron chi connectivity index (χ1n) is 6.34. The Kier molecular flexibility index (Phi) is 4.95. The van der Waals surface area contributed by atoms with E-state index < -0.39 is 5.97 Å². The Bertz CT molecular complexity index is 656. The molecule has 1 amide bonds. The Labute approximate surface area is 127 Å². The summed E-state index contributed by atoms with van der Waals surface area (Å²) in [4.78, 5) is 23.2. The average molecular weight is 304 g/mol. The van der Waals surface area contributed by atoms with Gasteiger partial charge in [-0.15, -0.1) is 11.6 Å². The minimum atomic E-state index is -0.470. The molecule has 2 rings (SSSR count). The molecule has 4 nitrogen and oxygen atoms in total. The molecule has 0 aromatic heterocycles. The standard InChI is InChI=1S/C16H14ClNO3/c1-11(19)18-15-8-7-12(9-13(15)10-17)16(20)21-14-5-3-2-4-6-14/h2-9H,10H2,1H3,(H,18,19). The van der Waals surface area contributed by atoms with Gasteiger partial charge in [0, 0.05) is 18.5 Å². The predicted molar refractivity (Wildman–Crippen MR) is 81.7 cm³/mol. The van der Waals surface area contributed by atoms with Crippen molar-refractivity contribution in [3.63, 3.8) is 0 Å². The fourth-order valence-corrected chi connectivity index (χ4v) is 2.02. The van der Waals surface area contributed by atoms with Crippen molar-refractivity contribution in [2.45, 2.75) is 12.8 Å². The highest BCUT2D eigenvalue weighted by Gasteiger charge is 2.12. The van der Waals surface area contributed by atoms with Crippen molar-refractivity contribution in [2.75, 3.05) is 5.32 Å². The first-order valence-corrected chi connectivity index (χ1v) is 6.87. The zero-order valence-corrected chi connectivity index (χ0v) is 12.2. The van der Waals surface area contributed by atoms with Gasteiger partial charge in [0.05, 0.1) is 5.56 Å². The van der Waals surface area contributed by atoms with E-state index in [1.807, 2.05) is 6.07 Å². The third kappa shape index (κ3) is 4.07. The highest BCUT2D eigenvalue weighted by molar-refractivity contribution is 6.17. The highest BCUT2D eigenvalue weighted by Crippen LogP contribution is 2.21. The smallest absolute Gasteiger partial charge is 0.343 e. The van der Waals surface area contributed by atoms with Crippen molar-refractivity contribution < 1.29 is 14.3 Å². The van der Waals surface area contributed by atoms with Crippen LogP contribution in [0.3, 0.4) is 0 Å². The molecule has 2 aromatic rings. The molecule has 0 spiro atoms. The Morgan fingerprint density at radius 2 is 1.86 bits per heavy atom. The van der Waals surface area contributed by atoms with Crippen LogP contribution in [-0.4, -0.2) is 11.9 Å². The molecule has 0 fully saturated rings. The van der Waals surface area contributed by atoms with E-state index >= 15 is 0 Å². The fraction of sp³-hybridized carbons (Fsp3) is 0.125. The van der Waals surface area contributed by atoms with E-state index in [0.717, 1.165) is 0 Å². The Balaban J connectivity index is 2.20. The SMILES string of the molecule is CC(=O)Nc1ccc(C(=O)Oc2ccccc2)cc1CCl. The number of nitrogens with one attached hydrogen (secondary N) is 1. The molecule has 0 saturated carbocycles. The monoisotopic (exact) mass is 303 g/mol. The molecule has 0 heterocycles. The number of benzene rings is 2. The van der Waals surface area contributed by atoms with Crippen LogP contribution in [-0.2, 0) is 10.7 Å².